The van der Waals surface area contributed by atoms with Crippen LogP contribution < -0.4 is 5.32 Å². The van der Waals surface area contributed by atoms with E-state index in [-0.39, 0.29) is 5.69 Å². The van der Waals surface area contributed by atoms with Crippen LogP contribution in [0.2, 0.25) is 0 Å². The van der Waals surface area contributed by atoms with E-state index >= 15 is 0 Å². The molecule has 0 spiro atoms. The molecule has 0 aliphatic heterocycles. The second-order valence-corrected chi connectivity index (χ2v) is 3.71. The van der Waals surface area contributed by atoms with Crippen LogP contribution in [0.1, 0.15) is 16.1 Å². The van der Waals surface area contributed by atoms with Crippen molar-refractivity contribution in [3.8, 4) is 0 Å². The van der Waals surface area contributed by atoms with Crippen LogP contribution >= 0.6 is 0 Å². The zero-order valence-corrected chi connectivity index (χ0v) is 9.67. The predicted molar refractivity (Wildman–Crippen MR) is 66.9 cm³/mol. The Morgan fingerprint density at radius 2 is 1.72 bits per heavy atom. The zero-order chi connectivity index (χ0) is 12.8. The van der Waals surface area contributed by atoms with Crippen molar-refractivity contribution in [1.29, 1.82) is 0 Å². The topological polar surface area (TPSA) is 59.1 Å². The molecule has 0 radical (unpaired) electrons. The zero-order valence-electron chi connectivity index (χ0n) is 9.67. The molecule has 0 fully saturated rings. The molecule has 0 aliphatic rings. The smallest absolute Gasteiger partial charge is 0.294 e. The van der Waals surface area contributed by atoms with Crippen LogP contribution in [0.25, 0.3) is 0 Å². The lowest BCUT2D eigenvalue weighted by molar-refractivity contribution is -0.117. The summed E-state index contributed by atoms with van der Waals surface area (Å²) in [5, 5.41) is 2.57. The minimum Gasteiger partial charge on any atom is -0.345 e. The second-order valence-electron chi connectivity index (χ2n) is 3.71. The highest BCUT2D eigenvalue weighted by Crippen LogP contribution is 1.99. The summed E-state index contributed by atoms with van der Waals surface area (Å²) in [6.07, 6.45) is 1.48. The van der Waals surface area contributed by atoms with E-state index in [0.717, 1.165) is 5.56 Å². The van der Waals surface area contributed by atoms with Gasteiger partial charge in [-0.15, -0.1) is 0 Å². The molecule has 4 heteroatoms. The third-order valence-corrected chi connectivity index (χ3v) is 2.40. The Labute approximate surface area is 105 Å². The molecule has 2 aromatic rings. The van der Waals surface area contributed by atoms with Crippen molar-refractivity contribution in [2.24, 2.45) is 0 Å². The van der Waals surface area contributed by atoms with Crippen LogP contribution in [0.3, 0.4) is 0 Å². The molecule has 0 bridgehead atoms. The first-order valence-electron chi connectivity index (χ1n) is 5.55. The molecule has 0 aliphatic carbocycles. The number of ketones is 1. The van der Waals surface area contributed by atoms with Gasteiger partial charge in [0.15, 0.2) is 0 Å². The second kappa shape index (κ2) is 5.72. The van der Waals surface area contributed by atoms with Crippen molar-refractivity contribution in [3.63, 3.8) is 0 Å². The van der Waals surface area contributed by atoms with Gasteiger partial charge in [-0.1, -0.05) is 36.4 Å². The highest BCUT2D eigenvalue weighted by molar-refractivity contribution is 6.42. The third-order valence-electron chi connectivity index (χ3n) is 2.40. The highest BCUT2D eigenvalue weighted by atomic mass is 16.2. The molecule has 1 amide bonds. The number of nitrogens with zero attached hydrogens (tertiary/aromatic N) is 1. The predicted octanol–water partition coefficient (Wildman–Crippen LogP) is 1.58. The molecule has 0 unspecified atom stereocenters. The Balaban J connectivity index is 1.95. The SMILES string of the molecule is O=C(NCc1ccccc1)C(=O)c1ccccn1. The largest absolute Gasteiger partial charge is 0.345 e. The van der Waals surface area contributed by atoms with Crippen molar-refractivity contribution in [2.75, 3.05) is 0 Å². The molecule has 18 heavy (non-hydrogen) atoms. The van der Waals surface area contributed by atoms with Gasteiger partial charge >= 0.3 is 0 Å². The van der Waals surface area contributed by atoms with Gasteiger partial charge in [-0.2, -0.15) is 0 Å². The summed E-state index contributed by atoms with van der Waals surface area (Å²) < 4.78 is 0. The summed E-state index contributed by atoms with van der Waals surface area (Å²) in [5.74, 6) is -1.26. The van der Waals surface area contributed by atoms with Gasteiger partial charge in [0, 0.05) is 12.7 Å². The van der Waals surface area contributed by atoms with Gasteiger partial charge in [0.1, 0.15) is 5.69 Å². The molecule has 4 nitrogen and oxygen atoms in total. The average molecular weight is 240 g/mol. The first kappa shape index (κ1) is 12.0. The van der Waals surface area contributed by atoms with Crippen LogP contribution in [0.4, 0.5) is 0 Å². The van der Waals surface area contributed by atoms with Crippen LogP contribution in [0, 0.1) is 0 Å². The Hall–Kier alpha value is -2.49. The molecule has 0 saturated heterocycles. The Morgan fingerprint density at radius 3 is 2.39 bits per heavy atom. The van der Waals surface area contributed by atoms with E-state index in [1.54, 1.807) is 12.1 Å². The molecular weight excluding hydrogens is 228 g/mol. The van der Waals surface area contributed by atoms with E-state index in [1.165, 1.54) is 12.3 Å². The number of benzene rings is 1. The summed E-state index contributed by atoms with van der Waals surface area (Å²) in [7, 11) is 0. The fourth-order valence-corrected chi connectivity index (χ4v) is 1.47. The fraction of sp³-hybridized carbons (Fsp3) is 0.0714. The maximum absolute atomic E-state index is 11.7. The molecule has 0 atom stereocenters. The molecule has 1 aromatic heterocycles. The average Bonchev–Trinajstić information content (AvgIpc) is 2.46. The maximum atomic E-state index is 11.7. The highest BCUT2D eigenvalue weighted by Gasteiger charge is 2.16. The van der Waals surface area contributed by atoms with Gasteiger partial charge in [-0.05, 0) is 17.7 Å². The maximum Gasteiger partial charge on any atom is 0.294 e. The first-order chi connectivity index (χ1) is 8.77. The summed E-state index contributed by atoms with van der Waals surface area (Å²) in [5.41, 5.74) is 1.10. The van der Waals surface area contributed by atoms with Gasteiger partial charge in [-0.3, -0.25) is 14.6 Å². The van der Waals surface area contributed by atoms with Crippen molar-refractivity contribution < 1.29 is 9.59 Å². The number of amides is 1. The summed E-state index contributed by atoms with van der Waals surface area (Å²) in [6.45, 7) is 0.332. The Bertz CT molecular complexity index is 538. The van der Waals surface area contributed by atoms with Gasteiger partial charge in [0.2, 0.25) is 0 Å². The molecule has 90 valence electrons. The summed E-state index contributed by atoms with van der Waals surface area (Å²) in [6, 6.07) is 14.3. The van der Waals surface area contributed by atoms with Crippen molar-refractivity contribution in [3.05, 3.63) is 66.0 Å². The number of nitrogens with one attached hydrogen (secondary N) is 1. The molecule has 0 saturated carbocycles. The van der Waals surface area contributed by atoms with Crippen molar-refractivity contribution >= 4 is 11.7 Å². The van der Waals surface area contributed by atoms with Gasteiger partial charge in [-0.25, -0.2) is 0 Å². The monoisotopic (exact) mass is 240 g/mol. The number of aromatic nitrogens is 1. The lowest BCUT2D eigenvalue weighted by atomic mass is 10.2. The summed E-state index contributed by atoms with van der Waals surface area (Å²) >= 11 is 0. The minimum absolute atomic E-state index is 0.156. The molecule has 1 aromatic carbocycles. The summed E-state index contributed by atoms with van der Waals surface area (Å²) in [4.78, 5) is 27.2. The number of hydrogen-bond donors (Lipinski definition) is 1. The lowest BCUT2D eigenvalue weighted by Gasteiger charge is -2.03. The van der Waals surface area contributed by atoms with E-state index < -0.39 is 11.7 Å². The first-order valence-corrected chi connectivity index (χ1v) is 5.55. The van der Waals surface area contributed by atoms with Crippen molar-refractivity contribution in [1.82, 2.24) is 10.3 Å². The third kappa shape index (κ3) is 3.01. The number of rotatable bonds is 4. The standard InChI is InChI=1S/C14H12N2O2/c17-13(12-8-4-5-9-15-12)14(18)16-10-11-6-2-1-3-7-11/h1-9H,10H2,(H,16,18). The fourth-order valence-electron chi connectivity index (χ4n) is 1.47. The quantitative estimate of drug-likeness (QED) is 0.652. The molecular formula is C14H12N2O2. The number of Topliss-reactive ketones (excluding diaryl/α,β-unsaturated/α-hetero) is 1. The van der Waals surface area contributed by atoms with Crippen LogP contribution in [0.5, 0.6) is 0 Å². The number of carbonyl (C=O) groups excluding carboxylic acids is 2. The van der Waals surface area contributed by atoms with E-state index in [9.17, 15) is 9.59 Å². The van der Waals surface area contributed by atoms with Crippen LogP contribution in [0.15, 0.2) is 54.7 Å². The van der Waals surface area contributed by atoms with E-state index in [1.807, 2.05) is 30.3 Å². The lowest BCUT2D eigenvalue weighted by Crippen LogP contribution is -2.31. The van der Waals surface area contributed by atoms with E-state index in [4.69, 9.17) is 0 Å². The van der Waals surface area contributed by atoms with Crippen LogP contribution in [-0.4, -0.2) is 16.7 Å². The molecule has 1 heterocycles. The normalized spacial score (nSPS) is 9.78. The van der Waals surface area contributed by atoms with E-state index in [2.05, 4.69) is 10.3 Å². The Morgan fingerprint density at radius 1 is 1.00 bits per heavy atom. The van der Waals surface area contributed by atoms with Gasteiger partial charge < -0.3 is 5.32 Å². The minimum atomic E-state index is -0.641. The Kier molecular flexibility index (Phi) is 3.81. The number of carbonyl (C=O) groups is 2. The van der Waals surface area contributed by atoms with Crippen molar-refractivity contribution in [2.45, 2.75) is 6.54 Å². The van der Waals surface area contributed by atoms with E-state index in [0.29, 0.717) is 6.54 Å². The van der Waals surface area contributed by atoms with Gasteiger partial charge in [0.25, 0.3) is 11.7 Å². The van der Waals surface area contributed by atoms with Crippen LogP contribution in [-0.2, 0) is 11.3 Å². The number of hydrogen-bond acceptors (Lipinski definition) is 3. The molecule has 2 rings (SSSR count). The number of pyridine rings is 1. The molecule has 1 N–H and O–H groups in total. The van der Waals surface area contributed by atoms with Gasteiger partial charge in [0.05, 0.1) is 0 Å².